The summed E-state index contributed by atoms with van der Waals surface area (Å²) in [6.07, 6.45) is 1.08. The van der Waals surface area contributed by atoms with E-state index in [1.165, 1.54) is 0 Å². The van der Waals surface area contributed by atoms with Gasteiger partial charge in [0, 0.05) is 17.8 Å². The first-order valence-corrected chi connectivity index (χ1v) is 10.4. The van der Waals surface area contributed by atoms with Gasteiger partial charge in [-0.15, -0.1) is 0 Å². The number of aliphatic hydroxyl groups excluding tert-OH is 1. The molecular weight excluding hydrogens is 398 g/mol. The van der Waals surface area contributed by atoms with Crippen molar-refractivity contribution in [1.29, 1.82) is 0 Å². The summed E-state index contributed by atoms with van der Waals surface area (Å²) in [5.74, 6) is 1.32. The fraction of sp³-hybridized carbons (Fsp3) is 0.333. The molecule has 0 amide bonds. The zero-order valence-corrected chi connectivity index (χ0v) is 18.8. The summed E-state index contributed by atoms with van der Waals surface area (Å²) in [4.78, 5) is 8.75. The molecule has 5 nitrogen and oxygen atoms in total. The van der Waals surface area contributed by atoms with Crippen LogP contribution in [0.3, 0.4) is 0 Å². The molecule has 0 bridgehead atoms. The molecule has 0 aliphatic heterocycles. The highest BCUT2D eigenvalue weighted by Gasteiger charge is 2.11. The average molecular weight is 428 g/mol. The van der Waals surface area contributed by atoms with Crippen LogP contribution in [0.2, 0.25) is 5.02 Å². The van der Waals surface area contributed by atoms with Crippen LogP contribution in [-0.4, -0.2) is 30.3 Å². The Morgan fingerprint density at radius 2 is 1.90 bits per heavy atom. The number of rotatable bonds is 9. The third kappa shape index (κ3) is 7.01. The lowest BCUT2D eigenvalue weighted by atomic mass is 10.1. The molecule has 2 aromatic carbocycles. The first-order chi connectivity index (χ1) is 14.3. The number of aliphatic imine (C=N–C) groups is 2. The van der Waals surface area contributed by atoms with Crippen LogP contribution in [0.4, 0.5) is 0 Å². The second-order valence-electron chi connectivity index (χ2n) is 7.24. The van der Waals surface area contributed by atoms with Crippen molar-refractivity contribution in [2.24, 2.45) is 15.9 Å². The van der Waals surface area contributed by atoms with E-state index in [0.29, 0.717) is 35.5 Å². The molecule has 2 aromatic rings. The number of halogens is 1. The molecule has 1 unspecified atom stereocenters. The monoisotopic (exact) mass is 427 g/mol. The molecule has 0 saturated carbocycles. The maximum absolute atomic E-state index is 9.67. The van der Waals surface area contributed by atoms with Crippen LogP contribution in [-0.2, 0) is 6.54 Å². The topological polar surface area (TPSA) is 66.2 Å². The molecule has 1 atom stereocenters. The van der Waals surface area contributed by atoms with Gasteiger partial charge in [0.25, 0.3) is 0 Å². The minimum atomic E-state index is -0.328. The molecule has 2 N–H and O–H groups in total. The van der Waals surface area contributed by atoms with E-state index in [2.05, 4.69) is 35.7 Å². The highest BCUT2D eigenvalue weighted by Crippen LogP contribution is 2.21. The van der Waals surface area contributed by atoms with E-state index < -0.39 is 0 Å². The Bertz CT molecular complexity index is 921. The number of hydrogen-bond acceptors (Lipinski definition) is 4. The maximum atomic E-state index is 9.67. The normalized spacial score (nSPS) is 13.2. The van der Waals surface area contributed by atoms with Gasteiger partial charge in [0.05, 0.1) is 11.6 Å². The van der Waals surface area contributed by atoms with Gasteiger partial charge in [-0.1, -0.05) is 37.9 Å². The number of hydrogen-bond donors (Lipinski definition) is 2. The molecule has 0 radical (unpaired) electrons. The van der Waals surface area contributed by atoms with Crippen molar-refractivity contribution >= 4 is 23.1 Å². The first-order valence-electron chi connectivity index (χ1n) is 10.0. The van der Waals surface area contributed by atoms with E-state index in [-0.39, 0.29) is 5.88 Å². The number of nitrogens with one attached hydrogen (secondary N) is 1. The fourth-order valence-electron chi connectivity index (χ4n) is 2.70. The summed E-state index contributed by atoms with van der Waals surface area (Å²) < 4.78 is 5.82. The van der Waals surface area contributed by atoms with E-state index in [1.54, 1.807) is 6.07 Å². The van der Waals surface area contributed by atoms with Crippen molar-refractivity contribution in [3.63, 3.8) is 0 Å². The molecule has 0 aromatic heterocycles. The number of ether oxygens (including phenoxy) is 1. The zero-order chi connectivity index (χ0) is 22.1. The Labute approximate surface area is 184 Å². The molecule has 0 aliphatic carbocycles. The number of benzene rings is 2. The van der Waals surface area contributed by atoms with Gasteiger partial charge in [0.2, 0.25) is 5.88 Å². The fourth-order valence-corrected chi connectivity index (χ4v) is 2.90. The first kappa shape index (κ1) is 23.6. The summed E-state index contributed by atoms with van der Waals surface area (Å²) in [5, 5.41) is 13.3. The smallest absolute Gasteiger partial charge is 0.205 e. The third-order valence-corrected chi connectivity index (χ3v) is 4.99. The molecule has 0 heterocycles. The standard InChI is InChI=1S/C24H30ClN3O2/c1-6-16(2)15-30-21-10-8-20(9-11-21)17(3)27-24(28-18(4)29)22-13-19(14-26-5)7-12-23(22)25/h7-13,16,26,29H,4,6,14-15H2,1-3,5H3/b27-17+,28-24-. The summed E-state index contributed by atoms with van der Waals surface area (Å²) in [6.45, 7) is 11.0. The third-order valence-electron chi connectivity index (χ3n) is 4.66. The average Bonchev–Trinajstić information content (AvgIpc) is 2.73. The molecule has 30 heavy (non-hydrogen) atoms. The van der Waals surface area contributed by atoms with Gasteiger partial charge in [-0.25, -0.2) is 4.99 Å². The lowest BCUT2D eigenvalue weighted by Gasteiger charge is -2.12. The van der Waals surface area contributed by atoms with Crippen LogP contribution >= 0.6 is 11.6 Å². The van der Waals surface area contributed by atoms with E-state index in [4.69, 9.17) is 16.3 Å². The van der Waals surface area contributed by atoms with Gasteiger partial charge in [-0.3, -0.25) is 0 Å². The molecule has 6 heteroatoms. The molecule has 2 rings (SSSR count). The van der Waals surface area contributed by atoms with Crippen LogP contribution in [0.5, 0.6) is 5.75 Å². The number of amidine groups is 1. The van der Waals surface area contributed by atoms with E-state index in [9.17, 15) is 5.11 Å². The SMILES string of the molecule is C=C(O)/N=C(\N=C(/C)c1ccc(OCC(C)CC)cc1)c1cc(CNC)ccc1Cl. The number of nitrogens with zero attached hydrogens (tertiary/aromatic N) is 2. The number of aliphatic hydroxyl groups is 1. The van der Waals surface area contributed by atoms with Crippen molar-refractivity contribution in [3.8, 4) is 5.75 Å². The molecule has 160 valence electrons. The summed E-state index contributed by atoms with van der Waals surface area (Å²) in [7, 11) is 1.87. The Balaban J connectivity index is 2.31. The maximum Gasteiger partial charge on any atom is 0.205 e. The quantitative estimate of drug-likeness (QED) is 0.303. The summed E-state index contributed by atoms with van der Waals surface area (Å²) >= 11 is 6.40. The van der Waals surface area contributed by atoms with Crippen molar-refractivity contribution in [2.45, 2.75) is 33.7 Å². The Morgan fingerprint density at radius 3 is 2.50 bits per heavy atom. The van der Waals surface area contributed by atoms with Crippen LogP contribution in [0, 0.1) is 5.92 Å². The van der Waals surface area contributed by atoms with Gasteiger partial charge >= 0.3 is 0 Å². The van der Waals surface area contributed by atoms with Crippen LogP contribution in [0.1, 0.15) is 43.9 Å². The van der Waals surface area contributed by atoms with Crippen molar-refractivity contribution in [2.75, 3.05) is 13.7 Å². The molecule has 0 spiro atoms. The summed E-state index contributed by atoms with van der Waals surface area (Å²) in [6, 6.07) is 13.4. The largest absolute Gasteiger partial charge is 0.494 e. The molecule has 0 saturated heterocycles. The second-order valence-corrected chi connectivity index (χ2v) is 7.65. The molecular formula is C24H30ClN3O2. The highest BCUT2D eigenvalue weighted by molar-refractivity contribution is 6.34. The minimum Gasteiger partial charge on any atom is -0.494 e. The van der Waals surface area contributed by atoms with E-state index in [1.807, 2.05) is 50.4 Å². The lowest BCUT2D eigenvalue weighted by molar-refractivity contribution is 0.256. The Hall–Kier alpha value is -2.63. The highest BCUT2D eigenvalue weighted by atomic mass is 35.5. The van der Waals surface area contributed by atoms with Gasteiger partial charge in [-0.2, -0.15) is 4.99 Å². The van der Waals surface area contributed by atoms with Crippen molar-refractivity contribution in [3.05, 3.63) is 76.6 Å². The Morgan fingerprint density at radius 1 is 1.20 bits per heavy atom. The van der Waals surface area contributed by atoms with E-state index >= 15 is 0 Å². The molecule has 0 aliphatic rings. The molecule has 0 fully saturated rings. The zero-order valence-electron chi connectivity index (χ0n) is 18.1. The predicted molar refractivity (Wildman–Crippen MR) is 126 cm³/mol. The van der Waals surface area contributed by atoms with Gasteiger partial charge in [-0.05, 0) is 74.0 Å². The van der Waals surface area contributed by atoms with Crippen molar-refractivity contribution in [1.82, 2.24) is 5.32 Å². The van der Waals surface area contributed by atoms with Crippen LogP contribution < -0.4 is 10.1 Å². The van der Waals surface area contributed by atoms with Gasteiger partial charge in [0.1, 0.15) is 5.75 Å². The Kier molecular flexibility index (Phi) is 9.09. The summed E-state index contributed by atoms with van der Waals surface area (Å²) in [5.41, 5.74) is 3.32. The van der Waals surface area contributed by atoms with Gasteiger partial charge in [0.15, 0.2) is 5.84 Å². The van der Waals surface area contributed by atoms with Gasteiger partial charge < -0.3 is 15.2 Å². The second kappa shape index (κ2) is 11.5. The predicted octanol–water partition coefficient (Wildman–Crippen LogP) is 5.77. The van der Waals surface area contributed by atoms with Crippen LogP contribution in [0.25, 0.3) is 0 Å². The van der Waals surface area contributed by atoms with Crippen LogP contribution in [0.15, 0.2) is 64.9 Å². The minimum absolute atomic E-state index is 0.306. The van der Waals surface area contributed by atoms with E-state index in [0.717, 1.165) is 29.0 Å². The van der Waals surface area contributed by atoms with Crippen molar-refractivity contribution < 1.29 is 9.84 Å². The lowest BCUT2D eigenvalue weighted by Crippen LogP contribution is -2.09.